The van der Waals surface area contributed by atoms with Crippen molar-refractivity contribution in [1.29, 1.82) is 0 Å². The van der Waals surface area contributed by atoms with E-state index >= 15 is 0 Å². The molecule has 1 rings (SSSR count). The minimum atomic E-state index is -0.670. The van der Waals surface area contributed by atoms with Gasteiger partial charge in [0.15, 0.2) is 0 Å². The molecule has 0 N–H and O–H groups in total. The Hall–Kier alpha value is -1.52. The summed E-state index contributed by atoms with van der Waals surface area (Å²) in [6.45, 7) is 3.66. The first-order chi connectivity index (χ1) is 6.15. The molecule has 0 aliphatic heterocycles. The van der Waals surface area contributed by atoms with Gasteiger partial charge in [-0.3, -0.25) is 0 Å². The second-order valence-corrected chi connectivity index (χ2v) is 2.68. The van der Waals surface area contributed by atoms with Crippen LogP contribution in [0, 0.1) is 0 Å². The first-order valence-corrected chi connectivity index (χ1v) is 4.06. The Kier molecular flexibility index (Phi) is 2.89. The third-order valence-electron chi connectivity index (χ3n) is 1.68. The fraction of sp³-hybridized carbons (Fsp3) is 0.500. The largest absolute Gasteiger partial charge is 0.446 e. The van der Waals surface area contributed by atoms with Crippen molar-refractivity contribution in [3.63, 3.8) is 0 Å². The third kappa shape index (κ3) is 2.21. The van der Waals surface area contributed by atoms with Crippen molar-refractivity contribution in [1.82, 2.24) is 9.55 Å². The van der Waals surface area contributed by atoms with E-state index in [9.17, 15) is 9.90 Å². The third-order valence-corrected chi connectivity index (χ3v) is 1.68. The van der Waals surface area contributed by atoms with Crippen molar-refractivity contribution in [3.05, 3.63) is 12.4 Å². The van der Waals surface area contributed by atoms with Crippen molar-refractivity contribution < 1.29 is 14.6 Å². The molecule has 0 spiro atoms. The summed E-state index contributed by atoms with van der Waals surface area (Å²) in [5.41, 5.74) is 0. The van der Waals surface area contributed by atoms with Crippen LogP contribution >= 0.6 is 0 Å². The van der Waals surface area contributed by atoms with Gasteiger partial charge in [0.25, 0.3) is 0 Å². The smallest absolute Gasteiger partial charge is 0.422 e. The minimum Gasteiger partial charge on any atom is -0.446 e. The number of aromatic nitrogens is 2. The average Bonchev–Trinajstić information content (AvgIpc) is 2.51. The number of ether oxygens (including phenoxy) is 1. The standard InChI is InChI=1S/C8H11N2O3/c1-3-6(2)13-8(12)10-5-4-9-7(10)11/h4-6H,3H2,1-2H3. The summed E-state index contributed by atoms with van der Waals surface area (Å²) in [7, 11) is 0. The van der Waals surface area contributed by atoms with Crippen LogP contribution in [0.4, 0.5) is 4.79 Å². The van der Waals surface area contributed by atoms with E-state index in [1.807, 2.05) is 6.92 Å². The van der Waals surface area contributed by atoms with E-state index in [-0.39, 0.29) is 6.10 Å². The molecule has 0 amide bonds. The quantitative estimate of drug-likeness (QED) is 0.702. The maximum Gasteiger partial charge on any atom is 0.422 e. The lowest BCUT2D eigenvalue weighted by molar-refractivity contribution is 0.103. The van der Waals surface area contributed by atoms with Gasteiger partial charge in [-0.05, 0) is 13.3 Å². The van der Waals surface area contributed by atoms with E-state index in [1.54, 1.807) is 6.92 Å². The van der Waals surface area contributed by atoms with Crippen LogP contribution in [0.1, 0.15) is 20.3 Å². The Morgan fingerprint density at radius 2 is 2.46 bits per heavy atom. The van der Waals surface area contributed by atoms with Crippen LogP contribution in [0.5, 0.6) is 6.01 Å². The maximum atomic E-state index is 11.2. The zero-order chi connectivity index (χ0) is 9.84. The Bertz CT molecular complexity index is 295. The number of nitrogens with zero attached hydrogens (tertiary/aromatic N) is 2. The average molecular weight is 183 g/mol. The Balaban J connectivity index is 2.64. The van der Waals surface area contributed by atoms with Crippen LogP contribution in [0.15, 0.2) is 12.4 Å². The second kappa shape index (κ2) is 3.93. The summed E-state index contributed by atoms with van der Waals surface area (Å²) >= 11 is 0. The monoisotopic (exact) mass is 183 g/mol. The van der Waals surface area contributed by atoms with Crippen LogP contribution < -0.4 is 0 Å². The molecule has 1 unspecified atom stereocenters. The van der Waals surface area contributed by atoms with Crippen LogP contribution in [0.2, 0.25) is 0 Å². The summed E-state index contributed by atoms with van der Waals surface area (Å²) in [4.78, 5) is 14.6. The molecule has 5 heteroatoms. The van der Waals surface area contributed by atoms with Crippen LogP contribution in [-0.4, -0.2) is 21.7 Å². The van der Waals surface area contributed by atoms with Gasteiger partial charge in [0.1, 0.15) is 6.10 Å². The molecular weight excluding hydrogens is 172 g/mol. The van der Waals surface area contributed by atoms with E-state index < -0.39 is 12.1 Å². The molecule has 5 nitrogen and oxygen atoms in total. The van der Waals surface area contributed by atoms with Gasteiger partial charge in [-0.15, -0.1) is 0 Å². The molecule has 0 saturated carbocycles. The number of rotatable bonds is 2. The van der Waals surface area contributed by atoms with Gasteiger partial charge in [-0.1, -0.05) is 6.92 Å². The second-order valence-electron chi connectivity index (χ2n) is 2.68. The number of carbonyl (C=O) groups is 1. The highest BCUT2D eigenvalue weighted by molar-refractivity contribution is 5.71. The molecule has 0 aliphatic carbocycles. The van der Waals surface area contributed by atoms with Gasteiger partial charge in [0.2, 0.25) is 0 Å². The predicted molar refractivity (Wildman–Crippen MR) is 44.0 cm³/mol. The highest BCUT2D eigenvalue weighted by Gasteiger charge is 2.14. The lowest BCUT2D eigenvalue weighted by atomic mass is 10.3. The predicted octanol–water partition coefficient (Wildman–Crippen LogP) is 1.81. The topological polar surface area (TPSA) is 64.0 Å². The molecular formula is C8H11N2O3. The normalized spacial score (nSPS) is 12.5. The zero-order valence-corrected chi connectivity index (χ0v) is 7.56. The molecule has 0 bridgehead atoms. The maximum absolute atomic E-state index is 11.2. The zero-order valence-electron chi connectivity index (χ0n) is 7.56. The van der Waals surface area contributed by atoms with Gasteiger partial charge in [-0.2, -0.15) is 4.98 Å². The molecule has 1 heterocycles. The summed E-state index contributed by atoms with van der Waals surface area (Å²) in [5.74, 6) is 0. The molecule has 0 aromatic carbocycles. The van der Waals surface area contributed by atoms with Crippen LogP contribution in [0.3, 0.4) is 0 Å². The molecule has 1 atom stereocenters. The highest BCUT2D eigenvalue weighted by atomic mass is 16.6. The van der Waals surface area contributed by atoms with Crippen molar-refractivity contribution in [2.24, 2.45) is 0 Å². The minimum absolute atomic E-state index is 0.186. The molecule has 0 aliphatic rings. The van der Waals surface area contributed by atoms with Crippen molar-refractivity contribution in [2.45, 2.75) is 26.4 Å². The first kappa shape index (κ1) is 9.57. The number of hydrogen-bond donors (Lipinski definition) is 0. The van der Waals surface area contributed by atoms with Gasteiger partial charge in [0, 0.05) is 12.4 Å². The van der Waals surface area contributed by atoms with E-state index in [2.05, 4.69) is 4.98 Å². The summed E-state index contributed by atoms with van der Waals surface area (Å²) in [6, 6.07) is -0.603. The molecule has 1 aromatic heterocycles. The van der Waals surface area contributed by atoms with Gasteiger partial charge < -0.3 is 4.74 Å². The first-order valence-electron chi connectivity index (χ1n) is 4.06. The Labute approximate surface area is 76.0 Å². The fourth-order valence-corrected chi connectivity index (χ4v) is 0.741. The molecule has 1 aromatic rings. The number of carbonyl (C=O) groups excluding carboxylic acids is 1. The van der Waals surface area contributed by atoms with Crippen molar-refractivity contribution in [3.8, 4) is 6.01 Å². The SMILES string of the molecule is CCC(C)OC(=O)n1ccnc1[O]. The molecule has 71 valence electrons. The van der Waals surface area contributed by atoms with E-state index in [1.165, 1.54) is 12.4 Å². The number of hydrogen-bond acceptors (Lipinski definition) is 3. The van der Waals surface area contributed by atoms with E-state index in [4.69, 9.17) is 4.74 Å². The number of imidazole rings is 1. The fourth-order valence-electron chi connectivity index (χ4n) is 0.741. The Morgan fingerprint density at radius 1 is 1.77 bits per heavy atom. The van der Waals surface area contributed by atoms with Crippen LogP contribution in [0.25, 0.3) is 0 Å². The van der Waals surface area contributed by atoms with Gasteiger partial charge in [0.05, 0.1) is 0 Å². The van der Waals surface area contributed by atoms with Crippen molar-refractivity contribution in [2.75, 3.05) is 0 Å². The van der Waals surface area contributed by atoms with Crippen molar-refractivity contribution >= 4 is 6.09 Å². The molecule has 0 fully saturated rings. The van der Waals surface area contributed by atoms with E-state index in [0.717, 1.165) is 4.57 Å². The van der Waals surface area contributed by atoms with E-state index in [0.29, 0.717) is 6.42 Å². The summed E-state index contributed by atoms with van der Waals surface area (Å²) in [5, 5.41) is 10.9. The Morgan fingerprint density at radius 3 is 2.92 bits per heavy atom. The lowest BCUT2D eigenvalue weighted by Gasteiger charge is -2.09. The highest BCUT2D eigenvalue weighted by Crippen LogP contribution is 2.07. The summed E-state index contributed by atoms with van der Waals surface area (Å²) < 4.78 is 5.75. The van der Waals surface area contributed by atoms with Gasteiger partial charge >= 0.3 is 12.1 Å². The molecule has 0 saturated heterocycles. The lowest BCUT2D eigenvalue weighted by Crippen LogP contribution is -2.18. The summed E-state index contributed by atoms with van der Waals surface area (Å²) in [6.07, 6.45) is 2.41. The molecule has 1 radical (unpaired) electrons. The molecule has 13 heavy (non-hydrogen) atoms. The van der Waals surface area contributed by atoms with Gasteiger partial charge in [-0.25, -0.2) is 14.5 Å². The van der Waals surface area contributed by atoms with Crippen LogP contribution in [-0.2, 0) is 9.84 Å².